The Balaban J connectivity index is 2.47. The maximum Gasteiger partial charge on any atom is 0.243 e. The molecule has 1 heterocycles. The number of aromatic amines is 1. The number of likely N-dealkylation sites (N-methyl/N-ethyl adjacent to an activating group) is 1. The smallest absolute Gasteiger partial charge is 0.243 e. The van der Waals surface area contributed by atoms with Gasteiger partial charge in [-0.2, -0.15) is 0 Å². The Kier molecular flexibility index (Phi) is 9.40. The molecule has 0 aliphatic heterocycles. The highest BCUT2D eigenvalue weighted by Crippen LogP contribution is 1.98. The molecule has 0 aromatic carbocycles. The normalized spacial score (nSPS) is 12.5. The Morgan fingerprint density at radius 2 is 2.04 bits per heavy atom. The van der Waals surface area contributed by atoms with Gasteiger partial charge in [0.1, 0.15) is 0 Å². The molecule has 0 aliphatic rings. The first kappa shape index (κ1) is 21.7. The molecule has 1 aromatic heterocycles. The number of hydrogen-bond acceptors (Lipinski definition) is 4. The molecule has 7 heteroatoms. The molecule has 0 spiro atoms. The number of aryl methyl sites for hydroxylation is 1. The zero-order valence-corrected chi connectivity index (χ0v) is 15.9. The van der Waals surface area contributed by atoms with Crippen LogP contribution in [0.25, 0.3) is 12.2 Å². The third-order valence-corrected chi connectivity index (χ3v) is 4.18. The van der Waals surface area contributed by atoms with Gasteiger partial charge in [0.05, 0.1) is 6.42 Å². The Bertz CT molecular complexity index is 737. The zero-order valence-electron chi connectivity index (χ0n) is 15.9. The van der Waals surface area contributed by atoms with Crippen molar-refractivity contribution in [3.05, 3.63) is 34.5 Å². The number of nitrogens with one attached hydrogen (secondary N) is 3. The van der Waals surface area contributed by atoms with E-state index in [1.54, 1.807) is 11.6 Å². The molecule has 1 rings (SSSR count). The average molecular weight is 362 g/mol. The van der Waals surface area contributed by atoms with E-state index in [1.807, 2.05) is 37.9 Å². The van der Waals surface area contributed by atoms with Gasteiger partial charge >= 0.3 is 0 Å². The number of rotatable bonds is 10. The van der Waals surface area contributed by atoms with Gasteiger partial charge in [-0.25, -0.2) is 5.48 Å². The van der Waals surface area contributed by atoms with Crippen molar-refractivity contribution < 1.29 is 14.8 Å². The van der Waals surface area contributed by atoms with Gasteiger partial charge in [0.15, 0.2) is 0 Å². The Labute approximate surface area is 154 Å². The number of allylic oxidation sites excluding steroid dienone is 1. The minimum Gasteiger partial charge on any atom is -0.358 e. The standard InChI is InChI=1S/C19H30N4O3/c1-5-8-17-15(6-2)16(14(3)21-17)13-19(25)20-10-12-23(4)11-7-9-18(24)22-26/h5-6,8,21,26H,1,7,9-13H2,2-4H3,(H,20,25)(H,22,24)/b15-6-,17-8+. The maximum absolute atomic E-state index is 12.3. The second-order valence-corrected chi connectivity index (χ2v) is 6.22. The number of hydroxylamine groups is 1. The van der Waals surface area contributed by atoms with Crippen LogP contribution in [-0.2, 0) is 16.0 Å². The number of nitrogens with zero attached hydrogens (tertiary/aromatic N) is 1. The minimum absolute atomic E-state index is 0.0200. The average Bonchev–Trinajstić information content (AvgIpc) is 2.89. The van der Waals surface area contributed by atoms with E-state index in [0.29, 0.717) is 25.9 Å². The summed E-state index contributed by atoms with van der Waals surface area (Å²) in [6.45, 7) is 9.59. The van der Waals surface area contributed by atoms with Crippen LogP contribution in [0.2, 0.25) is 0 Å². The molecule has 7 nitrogen and oxygen atoms in total. The maximum atomic E-state index is 12.3. The summed E-state index contributed by atoms with van der Waals surface area (Å²) < 4.78 is 0. The largest absolute Gasteiger partial charge is 0.358 e. The third kappa shape index (κ3) is 6.85. The van der Waals surface area contributed by atoms with Crippen molar-refractivity contribution in [2.45, 2.75) is 33.1 Å². The molecule has 0 aliphatic carbocycles. The second-order valence-electron chi connectivity index (χ2n) is 6.22. The first-order valence-corrected chi connectivity index (χ1v) is 8.77. The van der Waals surface area contributed by atoms with Crippen LogP contribution in [0, 0.1) is 6.92 Å². The van der Waals surface area contributed by atoms with Crippen LogP contribution in [0.1, 0.15) is 31.0 Å². The van der Waals surface area contributed by atoms with Crippen molar-refractivity contribution in [1.82, 2.24) is 20.7 Å². The van der Waals surface area contributed by atoms with E-state index in [2.05, 4.69) is 16.9 Å². The van der Waals surface area contributed by atoms with Crippen molar-refractivity contribution in [2.24, 2.45) is 0 Å². The summed E-state index contributed by atoms with van der Waals surface area (Å²) in [5.41, 5.74) is 3.60. The molecule has 0 bridgehead atoms. The minimum atomic E-state index is -0.384. The number of amides is 2. The summed E-state index contributed by atoms with van der Waals surface area (Å²) in [6.07, 6.45) is 6.88. The topological polar surface area (TPSA) is 97.5 Å². The van der Waals surface area contributed by atoms with E-state index in [4.69, 9.17) is 5.21 Å². The van der Waals surface area contributed by atoms with Gasteiger partial charge in [0, 0.05) is 30.6 Å². The summed E-state index contributed by atoms with van der Waals surface area (Å²) in [5.74, 6) is -0.404. The van der Waals surface area contributed by atoms with E-state index in [-0.39, 0.29) is 18.2 Å². The Morgan fingerprint density at radius 1 is 1.31 bits per heavy atom. The lowest BCUT2D eigenvalue weighted by atomic mass is 10.1. The molecule has 0 unspecified atom stereocenters. The van der Waals surface area contributed by atoms with Crippen LogP contribution < -0.4 is 21.4 Å². The van der Waals surface area contributed by atoms with Gasteiger partial charge in [-0.15, -0.1) is 0 Å². The van der Waals surface area contributed by atoms with Crippen molar-refractivity contribution in [2.75, 3.05) is 26.7 Å². The third-order valence-electron chi connectivity index (χ3n) is 4.18. The number of carbonyl (C=O) groups is 2. The highest BCUT2D eigenvalue weighted by molar-refractivity contribution is 5.79. The highest BCUT2D eigenvalue weighted by Gasteiger charge is 2.10. The summed E-state index contributed by atoms with van der Waals surface area (Å²) >= 11 is 0. The number of aromatic nitrogens is 1. The predicted octanol–water partition coefficient (Wildman–Crippen LogP) is -0.0339. The molecular formula is C19H30N4O3. The second kappa shape index (κ2) is 11.3. The van der Waals surface area contributed by atoms with Crippen LogP contribution in [0.15, 0.2) is 12.7 Å². The van der Waals surface area contributed by atoms with Gasteiger partial charge in [0.25, 0.3) is 0 Å². The van der Waals surface area contributed by atoms with Gasteiger partial charge in [-0.05, 0) is 50.7 Å². The lowest BCUT2D eigenvalue weighted by molar-refractivity contribution is -0.129. The van der Waals surface area contributed by atoms with Crippen LogP contribution in [-0.4, -0.2) is 53.6 Å². The van der Waals surface area contributed by atoms with E-state index >= 15 is 0 Å². The fourth-order valence-corrected chi connectivity index (χ4v) is 2.80. The summed E-state index contributed by atoms with van der Waals surface area (Å²) in [4.78, 5) is 28.5. The van der Waals surface area contributed by atoms with Crippen LogP contribution in [0.3, 0.4) is 0 Å². The fourth-order valence-electron chi connectivity index (χ4n) is 2.80. The molecular weight excluding hydrogens is 332 g/mol. The summed E-state index contributed by atoms with van der Waals surface area (Å²) in [5, 5.41) is 13.4. The van der Waals surface area contributed by atoms with Gasteiger partial charge in [0.2, 0.25) is 11.8 Å². The molecule has 1 aromatic rings. The summed E-state index contributed by atoms with van der Waals surface area (Å²) in [6, 6.07) is 0. The van der Waals surface area contributed by atoms with Crippen LogP contribution in [0.4, 0.5) is 0 Å². The molecule has 0 radical (unpaired) electrons. The highest BCUT2D eigenvalue weighted by atomic mass is 16.5. The number of carbonyl (C=O) groups excluding carboxylic acids is 2. The lowest BCUT2D eigenvalue weighted by Gasteiger charge is -2.16. The first-order chi connectivity index (χ1) is 12.4. The molecule has 0 fully saturated rings. The molecule has 0 atom stereocenters. The number of hydrogen-bond donors (Lipinski definition) is 4. The van der Waals surface area contributed by atoms with Gasteiger partial charge in [-0.1, -0.05) is 18.7 Å². The van der Waals surface area contributed by atoms with E-state index < -0.39 is 0 Å². The number of H-pyrrole nitrogens is 1. The lowest BCUT2D eigenvalue weighted by Crippen LogP contribution is -2.35. The first-order valence-electron chi connectivity index (χ1n) is 8.77. The van der Waals surface area contributed by atoms with Crippen molar-refractivity contribution in [1.29, 1.82) is 0 Å². The molecule has 0 saturated carbocycles. The van der Waals surface area contributed by atoms with Crippen molar-refractivity contribution in [3.8, 4) is 0 Å². The molecule has 144 valence electrons. The van der Waals surface area contributed by atoms with Gasteiger partial charge < -0.3 is 15.2 Å². The molecule has 26 heavy (non-hydrogen) atoms. The molecule has 4 N–H and O–H groups in total. The Morgan fingerprint density at radius 3 is 2.65 bits per heavy atom. The van der Waals surface area contributed by atoms with Crippen molar-refractivity contribution >= 4 is 24.0 Å². The van der Waals surface area contributed by atoms with E-state index in [0.717, 1.165) is 28.4 Å². The predicted molar refractivity (Wildman–Crippen MR) is 103 cm³/mol. The quantitative estimate of drug-likeness (QED) is 0.347. The van der Waals surface area contributed by atoms with Crippen LogP contribution in [0.5, 0.6) is 0 Å². The zero-order chi connectivity index (χ0) is 19.5. The van der Waals surface area contributed by atoms with E-state index in [9.17, 15) is 9.59 Å². The Hall–Kier alpha value is -2.38. The van der Waals surface area contributed by atoms with Crippen molar-refractivity contribution in [3.63, 3.8) is 0 Å². The van der Waals surface area contributed by atoms with E-state index in [1.165, 1.54) is 0 Å². The molecule has 0 saturated heterocycles. The summed E-state index contributed by atoms with van der Waals surface area (Å²) in [7, 11) is 1.93. The van der Waals surface area contributed by atoms with Crippen LogP contribution >= 0.6 is 0 Å². The molecule has 2 amide bonds. The fraction of sp³-hybridized carbons (Fsp3) is 0.474. The van der Waals surface area contributed by atoms with Gasteiger partial charge in [-0.3, -0.25) is 14.8 Å². The SMILES string of the molecule is C=C/C=c1/[nH]c(C)c(CC(=O)NCCN(C)CCCC(=O)NO)/c1=C/C. The monoisotopic (exact) mass is 362 g/mol.